The maximum Gasteiger partial charge on any atom is 0.341 e. The van der Waals surface area contributed by atoms with E-state index in [1.54, 1.807) is 6.07 Å². The van der Waals surface area contributed by atoms with Crippen molar-refractivity contribution in [3.05, 3.63) is 28.2 Å². The molecule has 0 spiro atoms. The molecule has 0 fully saturated rings. The molecule has 0 saturated heterocycles. The van der Waals surface area contributed by atoms with E-state index in [1.165, 1.54) is 26.2 Å². The van der Waals surface area contributed by atoms with E-state index in [4.69, 9.17) is 4.74 Å². The Hall–Kier alpha value is -1.36. The second kappa shape index (κ2) is 4.93. The van der Waals surface area contributed by atoms with Gasteiger partial charge in [-0.1, -0.05) is 15.9 Å². The van der Waals surface area contributed by atoms with Gasteiger partial charge < -0.3 is 9.47 Å². The zero-order chi connectivity index (χ0) is 11.4. The highest BCUT2D eigenvalue weighted by molar-refractivity contribution is 9.10. The Morgan fingerprint density at radius 1 is 1.33 bits per heavy atom. The van der Waals surface area contributed by atoms with Crippen molar-refractivity contribution in [1.82, 2.24) is 0 Å². The van der Waals surface area contributed by atoms with Crippen LogP contribution in [0.4, 0.5) is 0 Å². The molecular weight excluding hydrogens is 264 g/mol. The third-order valence-electron chi connectivity index (χ3n) is 1.60. The second-order valence-electron chi connectivity index (χ2n) is 2.73. The molecule has 0 saturated carbocycles. The van der Waals surface area contributed by atoms with Crippen molar-refractivity contribution >= 4 is 27.9 Å². The van der Waals surface area contributed by atoms with Crippen LogP contribution < -0.4 is 4.74 Å². The van der Waals surface area contributed by atoms with Gasteiger partial charge >= 0.3 is 11.9 Å². The number of ether oxygens (including phenoxy) is 2. The Balaban J connectivity index is 3.14. The summed E-state index contributed by atoms with van der Waals surface area (Å²) in [7, 11) is 1.26. The molecule has 0 heterocycles. The molecule has 80 valence electrons. The van der Waals surface area contributed by atoms with Gasteiger partial charge in [-0.05, 0) is 18.2 Å². The number of carbonyl (C=O) groups is 2. The summed E-state index contributed by atoms with van der Waals surface area (Å²) in [5.74, 6) is -0.840. The quantitative estimate of drug-likeness (QED) is 0.612. The lowest BCUT2D eigenvalue weighted by Gasteiger charge is -2.07. The Labute approximate surface area is 95.3 Å². The minimum absolute atomic E-state index is 0.192. The van der Waals surface area contributed by atoms with E-state index in [0.717, 1.165) is 0 Å². The largest absolute Gasteiger partial charge is 0.465 e. The lowest BCUT2D eigenvalue weighted by Crippen LogP contribution is -2.08. The van der Waals surface area contributed by atoms with Gasteiger partial charge in [0.15, 0.2) is 0 Å². The number of benzene rings is 1. The van der Waals surface area contributed by atoms with Gasteiger partial charge in [0.1, 0.15) is 11.3 Å². The van der Waals surface area contributed by atoms with Gasteiger partial charge in [-0.15, -0.1) is 0 Å². The summed E-state index contributed by atoms with van der Waals surface area (Å²) in [5, 5.41) is 0. The molecule has 1 rings (SSSR count). The normalized spacial score (nSPS) is 9.53. The third-order valence-corrected chi connectivity index (χ3v) is 2.09. The summed E-state index contributed by atoms with van der Waals surface area (Å²) in [6.07, 6.45) is 0. The Morgan fingerprint density at radius 3 is 2.53 bits per heavy atom. The van der Waals surface area contributed by atoms with E-state index in [9.17, 15) is 9.59 Å². The van der Waals surface area contributed by atoms with Crippen molar-refractivity contribution in [2.45, 2.75) is 6.92 Å². The van der Waals surface area contributed by atoms with Crippen LogP contribution in [-0.4, -0.2) is 19.0 Å². The molecule has 4 nitrogen and oxygen atoms in total. The highest BCUT2D eigenvalue weighted by atomic mass is 79.9. The molecule has 1 aromatic carbocycles. The van der Waals surface area contributed by atoms with Crippen LogP contribution in [0.3, 0.4) is 0 Å². The van der Waals surface area contributed by atoms with Crippen LogP contribution in [0.2, 0.25) is 0 Å². The number of carbonyl (C=O) groups excluding carboxylic acids is 2. The van der Waals surface area contributed by atoms with E-state index >= 15 is 0 Å². The summed E-state index contributed by atoms with van der Waals surface area (Å²) in [6.45, 7) is 1.27. The number of methoxy groups -OCH3 is 1. The number of hydrogen-bond donors (Lipinski definition) is 0. The molecule has 0 atom stereocenters. The average molecular weight is 273 g/mol. The molecule has 0 aliphatic rings. The summed E-state index contributed by atoms with van der Waals surface area (Å²) in [6, 6.07) is 4.73. The zero-order valence-corrected chi connectivity index (χ0v) is 9.83. The van der Waals surface area contributed by atoms with E-state index in [1.807, 2.05) is 0 Å². The lowest BCUT2D eigenvalue weighted by molar-refractivity contribution is -0.131. The van der Waals surface area contributed by atoms with Crippen LogP contribution in [0.5, 0.6) is 5.75 Å². The van der Waals surface area contributed by atoms with Crippen molar-refractivity contribution in [2.75, 3.05) is 7.11 Å². The van der Waals surface area contributed by atoms with Gasteiger partial charge in [0.05, 0.1) is 7.11 Å². The Morgan fingerprint density at radius 2 is 2.00 bits per heavy atom. The first-order valence-electron chi connectivity index (χ1n) is 4.11. The SMILES string of the molecule is COC(=O)c1cc(Br)ccc1OC(C)=O. The van der Waals surface area contributed by atoms with Crippen molar-refractivity contribution in [2.24, 2.45) is 0 Å². The Kier molecular flexibility index (Phi) is 3.85. The van der Waals surface area contributed by atoms with Crippen LogP contribution in [0.1, 0.15) is 17.3 Å². The van der Waals surface area contributed by atoms with E-state index < -0.39 is 11.9 Å². The molecule has 0 unspecified atom stereocenters. The van der Waals surface area contributed by atoms with E-state index in [2.05, 4.69) is 20.7 Å². The minimum atomic E-state index is -0.549. The minimum Gasteiger partial charge on any atom is -0.465 e. The molecule has 0 N–H and O–H groups in total. The fourth-order valence-electron chi connectivity index (χ4n) is 1.02. The fourth-order valence-corrected chi connectivity index (χ4v) is 1.38. The first-order valence-corrected chi connectivity index (χ1v) is 4.90. The lowest BCUT2D eigenvalue weighted by atomic mass is 10.2. The first kappa shape index (κ1) is 11.7. The molecule has 1 aromatic rings. The number of rotatable bonds is 2. The summed E-state index contributed by atoms with van der Waals surface area (Å²) in [4.78, 5) is 22.1. The predicted octanol–water partition coefficient (Wildman–Crippen LogP) is 2.16. The highest BCUT2D eigenvalue weighted by Crippen LogP contribution is 2.24. The highest BCUT2D eigenvalue weighted by Gasteiger charge is 2.14. The smallest absolute Gasteiger partial charge is 0.341 e. The number of esters is 2. The fraction of sp³-hybridized carbons (Fsp3) is 0.200. The maximum atomic E-state index is 11.3. The first-order chi connectivity index (χ1) is 7.04. The third kappa shape index (κ3) is 3.06. The van der Waals surface area contributed by atoms with Crippen LogP contribution in [0, 0.1) is 0 Å². The van der Waals surface area contributed by atoms with Crippen LogP contribution in [0.15, 0.2) is 22.7 Å². The van der Waals surface area contributed by atoms with Crippen LogP contribution >= 0.6 is 15.9 Å². The molecule has 5 heteroatoms. The topological polar surface area (TPSA) is 52.6 Å². The van der Waals surface area contributed by atoms with Crippen molar-refractivity contribution in [3.8, 4) is 5.75 Å². The second-order valence-corrected chi connectivity index (χ2v) is 3.64. The van der Waals surface area contributed by atoms with Crippen LogP contribution in [0.25, 0.3) is 0 Å². The molecule has 0 amide bonds. The van der Waals surface area contributed by atoms with Gasteiger partial charge in [-0.25, -0.2) is 4.79 Å². The van der Waals surface area contributed by atoms with Crippen molar-refractivity contribution < 1.29 is 19.1 Å². The molecule has 0 aliphatic heterocycles. The van der Waals surface area contributed by atoms with Crippen molar-refractivity contribution in [1.29, 1.82) is 0 Å². The van der Waals surface area contributed by atoms with Gasteiger partial charge in [0.2, 0.25) is 0 Å². The summed E-state index contributed by atoms with van der Waals surface area (Å²) >= 11 is 3.21. The summed E-state index contributed by atoms with van der Waals surface area (Å²) in [5.41, 5.74) is 0.210. The predicted molar refractivity (Wildman–Crippen MR) is 56.8 cm³/mol. The zero-order valence-electron chi connectivity index (χ0n) is 8.24. The molecule has 15 heavy (non-hydrogen) atoms. The monoisotopic (exact) mass is 272 g/mol. The van der Waals surface area contributed by atoms with Crippen molar-refractivity contribution in [3.63, 3.8) is 0 Å². The average Bonchev–Trinajstić information content (AvgIpc) is 2.19. The van der Waals surface area contributed by atoms with Gasteiger partial charge in [0, 0.05) is 11.4 Å². The summed E-state index contributed by atoms with van der Waals surface area (Å²) < 4.78 is 10.1. The molecular formula is C10H9BrO4. The van der Waals surface area contributed by atoms with E-state index in [-0.39, 0.29) is 11.3 Å². The molecule has 0 aromatic heterocycles. The van der Waals surface area contributed by atoms with E-state index in [0.29, 0.717) is 4.47 Å². The molecule has 0 radical (unpaired) electrons. The number of halogens is 1. The Bertz CT molecular complexity index is 400. The standard InChI is InChI=1S/C10H9BrO4/c1-6(12)15-9-4-3-7(11)5-8(9)10(13)14-2/h3-5H,1-2H3. The van der Waals surface area contributed by atoms with Gasteiger partial charge in [-0.3, -0.25) is 4.79 Å². The molecule has 0 bridgehead atoms. The number of hydrogen-bond acceptors (Lipinski definition) is 4. The van der Waals surface area contributed by atoms with Gasteiger partial charge in [-0.2, -0.15) is 0 Å². The van der Waals surface area contributed by atoms with Crippen LogP contribution in [-0.2, 0) is 9.53 Å². The maximum absolute atomic E-state index is 11.3. The molecule has 0 aliphatic carbocycles. The van der Waals surface area contributed by atoms with Gasteiger partial charge in [0.25, 0.3) is 0 Å².